The molecule has 0 heterocycles. The van der Waals surface area contributed by atoms with Crippen molar-refractivity contribution < 1.29 is 128 Å². The first-order chi connectivity index (χ1) is 8.47. The maximum atomic E-state index is 11.4. The Kier molecular flexibility index (Phi) is 22.6. The molecule has 0 aliphatic rings. The Balaban J connectivity index is -0.00000144. The SMILES string of the molecule is CCCCCCC([O-])=N[C@@H](CCC(=O)[O-])C(=O)O.[K+].[K+]. The van der Waals surface area contributed by atoms with Crippen LogP contribution in [0.25, 0.3) is 0 Å². The Labute approximate surface area is 204 Å². The summed E-state index contributed by atoms with van der Waals surface area (Å²) in [5, 5.41) is 30.4. The third-order valence-electron chi connectivity index (χ3n) is 2.45. The number of carbonyl (C=O) groups excluding carboxylic acids is 1. The third-order valence-corrected chi connectivity index (χ3v) is 2.45. The number of carbonyl (C=O) groups is 2. The second kappa shape index (κ2) is 17.0. The maximum absolute atomic E-state index is 11.4. The quantitative estimate of drug-likeness (QED) is 0.185. The predicted molar refractivity (Wildman–Crippen MR) is 61.9 cm³/mol. The number of carboxylic acids is 2. The minimum Gasteiger partial charge on any atom is -0.862 e. The average Bonchev–Trinajstić information content (AvgIpc) is 2.29. The van der Waals surface area contributed by atoms with Crippen molar-refractivity contribution >= 4 is 17.8 Å². The Morgan fingerprint density at radius 3 is 2.15 bits per heavy atom. The standard InChI is InChI=1S/C12H21NO5.2K/c1-2-3-4-5-6-10(14)13-9(12(17)18)7-8-11(15)16;;/h9H,2-8H2,1H3,(H,13,14)(H,15,16)(H,17,18);;/q;2*+1/p-2/t9-;;/m0../s1. The number of aliphatic carboxylic acids is 2. The zero-order valence-corrected chi connectivity index (χ0v) is 18.8. The van der Waals surface area contributed by atoms with Crippen LogP contribution in [-0.4, -0.2) is 29.0 Å². The number of carboxylic acid groups (broad SMARTS) is 2. The van der Waals surface area contributed by atoms with Gasteiger partial charge in [0.25, 0.3) is 0 Å². The van der Waals surface area contributed by atoms with Gasteiger partial charge >= 0.3 is 109 Å². The van der Waals surface area contributed by atoms with Crippen LogP contribution in [0, 0.1) is 0 Å². The molecular weight excluding hydrogens is 316 g/mol. The summed E-state index contributed by atoms with van der Waals surface area (Å²) in [6.07, 6.45) is 3.27. The van der Waals surface area contributed by atoms with Crippen molar-refractivity contribution in [1.82, 2.24) is 0 Å². The number of unbranched alkanes of at least 4 members (excludes halogenated alkanes) is 3. The van der Waals surface area contributed by atoms with E-state index >= 15 is 0 Å². The molecule has 0 fully saturated rings. The fourth-order valence-electron chi connectivity index (χ4n) is 1.44. The summed E-state index contributed by atoms with van der Waals surface area (Å²) in [5.74, 6) is -3.10. The van der Waals surface area contributed by atoms with Gasteiger partial charge in [-0.1, -0.05) is 26.2 Å². The summed E-state index contributed by atoms with van der Waals surface area (Å²) in [4.78, 5) is 24.5. The minimum atomic E-state index is -1.34. The van der Waals surface area contributed by atoms with Gasteiger partial charge in [0.05, 0.1) is 0 Å². The molecule has 0 aromatic heterocycles. The normalized spacial score (nSPS) is 11.9. The fraction of sp³-hybridized carbons (Fsp3) is 0.750. The van der Waals surface area contributed by atoms with E-state index in [1.54, 1.807) is 0 Å². The Bertz CT molecular complexity index is 310. The van der Waals surface area contributed by atoms with Gasteiger partial charge < -0.3 is 20.1 Å². The largest absolute Gasteiger partial charge is 1.00 e. The molecule has 0 aliphatic carbocycles. The topological polar surface area (TPSA) is 113 Å². The van der Waals surface area contributed by atoms with Gasteiger partial charge in [0.2, 0.25) is 0 Å². The first kappa shape index (κ1) is 26.6. The Hall–Kier alpha value is 1.68. The van der Waals surface area contributed by atoms with Gasteiger partial charge in [0.15, 0.2) is 0 Å². The summed E-state index contributed by atoms with van der Waals surface area (Å²) in [7, 11) is 0. The monoisotopic (exact) mass is 335 g/mol. The predicted octanol–water partition coefficient (Wildman–Crippen LogP) is -6.29. The molecular formula is C12H19K2NO5. The summed E-state index contributed by atoms with van der Waals surface area (Å²) < 4.78 is 0. The first-order valence-corrected chi connectivity index (χ1v) is 6.13. The zero-order chi connectivity index (χ0) is 14.0. The van der Waals surface area contributed by atoms with E-state index in [4.69, 9.17) is 5.11 Å². The van der Waals surface area contributed by atoms with Crippen molar-refractivity contribution in [1.29, 1.82) is 0 Å². The number of hydrogen-bond donors (Lipinski definition) is 1. The van der Waals surface area contributed by atoms with Gasteiger partial charge in [-0.3, -0.25) is 4.99 Å². The molecule has 6 nitrogen and oxygen atoms in total. The van der Waals surface area contributed by atoms with Crippen molar-refractivity contribution in [2.24, 2.45) is 4.99 Å². The zero-order valence-electron chi connectivity index (χ0n) is 12.6. The van der Waals surface area contributed by atoms with E-state index in [1.165, 1.54) is 0 Å². The van der Waals surface area contributed by atoms with E-state index in [0.717, 1.165) is 19.3 Å². The first-order valence-electron chi connectivity index (χ1n) is 6.13. The molecule has 0 aromatic rings. The molecule has 0 spiro atoms. The van der Waals surface area contributed by atoms with Gasteiger partial charge in [0.1, 0.15) is 6.04 Å². The van der Waals surface area contributed by atoms with E-state index < -0.39 is 30.3 Å². The molecule has 0 aliphatic heterocycles. The van der Waals surface area contributed by atoms with Crippen molar-refractivity contribution in [3.8, 4) is 0 Å². The van der Waals surface area contributed by atoms with Crippen LogP contribution in [-0.2, 0) is 9.59 Å². The molecule has 1 N–H and O–H groups in total. The molecule has 20 heavy (non-hydrogen) atoms. The molecule has 0 amide bonds. The van der Waals surface area contributed by atoms with Gasteiger partial charge in [0, 0.05) is 5.97 Å². The van der Waals surface area contributed by atoms with Crippen LogP contribution in [0.3, 0.4) is 0 Å². The Morgan fingerprint density at radius 2 is 1.70 bits per heavy atom. The van der Waals surface area contributed by atoms with E-state index in [1.807, 2.05) is 6.92 Å². The molecule has 0 aromatic carbocycles. The summed E-state index contributed by atoms with van der Waals surface area (Å²) in [6.45, 7) is 2.05. The molecule has 0 radical (unpaired) electrons. The second-order valence-corrected chi connectivity index (χ2v) is 4.10. The van der Waals surface area contributed by atoms with Crippen molar-refractivity contribution in [2.75, 3.05) is 0 Å². The molecule has 0 saturated carbocycles. The van der Waals surface area contributed by atoms with Gasteiger partial charge in [-0.15, -0.1) is 0 Å². The number of hydrogen-bond acceptors (Lipinski definition) is 5. The molecule has 0 unspecified atom stereocenters. The third kappa shape index (κ3) is 16.1. The number of rotatable bonds is 10. The molecule has 8 heteroatoms. The van der Waals surface area contributed by atoms with E-state index in [-0.39, 0.29) is 116 Å². The van der Waals surface area contributed by atoms with Crippen molar-refractivity contribution in [3.63, 3.8) is 0 Å². The van der Waals surface area contributed by atoms with Gasteiger partial charge in [-0.05, 0) is 31.6 Å². The molecule has 0 rings (SSSR count). The summed E-state index contributed by atoms with van der Waals surface area (Å²) >= 11 is 0. The summed E-state index contributed by atoms with van der Waals surface area (Å²) in [5.41, 5.74) is 0. The second-order valence-electron chi connectivity index (χ2n) is 4.10. The summed E-state index contributed by atoms with van der Waals surface area (Å²) in [6, 6.07) is -1.28. The van der Waals surface area contributed by atoms with Crippen molar-refractivity contribution in [2.45, 2.75) is 57.9 Å². The van der Waals surface area contributed by atoms with Crippen LogP contribution < -0.4 is 113 Å². The van der Waals surface area contributed by atoms with Crippen molar-refractivity contribution in [3.05, 3.63) is 0 Å². The number of nitrogens with zero attached hydrogens (tertiary/aromatic N) is 1. The van der Waals surface area contributed by atoms with Crippen LogP contribution in [0.1, 0.15) is 51.9 Å². The van der Waals surface area contributed by atoms with E-state index in [2.05, 4.69) is 4.99 Å². The van der Waals surface area contributed by atoms with Gasteiger partial charge in [-0.25, -0.2) is 4.79 Å². The molecule has 0 saturated heterocycles. The van der Waals surface area contributed by atoms with Crippen LogP contribution in [0.5, 0.6) is 0 Å². The van der Waals surface area contributed by atoms with Crippen LogP contribution >= 0.6 is 0 Å². The fourth-order valence-corrected chi connectivity index (χ4v) is 1.44. The smallest absolute Gasteiger partial charge is 0.862 e. The van der Waals surface area contributed by atoms with E-state index in [0.29, 0.717) is 6.42 Å². The van der Waals surface area contributed by atoms with E-state index in [9.17, 15) is 19.8 Å². The maximum Gasteiger partial charge on any atom is 1.00 e. The molecule has 1 atom stereocenters. The van der Waals surface area contributed by atoms with Crippen LogP contribution in [0.4, 0.5) is 0 Å². The number of aliphatic imine (C=N–C) groups is 1. The average molecular weight is 335 g/mol. The van der Waals surface area contributed by atoms with Crippen LogP contribution in [0.2, 0.25) is 0 Å². The molecule has 0 bridgehead atoms. The Morgan fingerprint density at radius 1 is 1.10 bits per heavy atom. The molecule has 104 valence electrons. The van der Waals surface area contributed by atoms with Crippen LogP contribution in [0.15, 0.2) is 4.99 Å². The van der Waals surface area contributed by atoms with Gasteiger partial charge in [-0.2, -0.15) is 0 Å². The minimum absolute atomic E-state index is 0.